The van der Waals surface area contributed by atoms with Gasteiger partial charge in [-0.3, -0.25) is 0 Å². The number of phenols is 1. The number of phenolic OH excluding ortho intramolecular Hbond substituents is 1. The van der Waals surface area contributed by atoms with Gasteiger partial charge in [-0.15, -0.1) is 0 Å². The van der Waals surface area contributed by atoms with Crippen molar-refractivity contribution in [3.05, 3.63) is 29.3 Å². The van der Waals surface area contributed by atoms with Crippen molar-refractivity contribution in [3.63, 3.8) is 0 Å². The van der Waals surface area contributed by atoms with Crippen LogP contribution in [0.25, 0.3) is 5.57 Å². The molecule has 0 saturated carbocycles. The second kappa shape index (κ2) is 6.22. The van der Waals surface area contributed by atoms with Crippen molar-refractivity contribution in [2.45, 2.75) is 43.2 Å². The lowest BCUT2D eigenvalue weighted by Gasteiger charge is -2.46. The van der Waals surface area contributed by atoms with E-state index in [1.165, 1.54) is 32.2 Å². The number of aliphatic hydroxyl groups excluding tert-OH is 2. The molecule has 1 aromatic rings. The molecular formula is C18H20O9. The molecule has 4 atom stereocenters. The largest absolute Gasteiger partial charge is 0.507 e. The lowest BCUT2D eigenvalue weighted by Crippen LogP contribution is -2.54. The van der Waals surface area contributed by atoms with Crippen LogP contribution in [0.3, 0.4) is 0 Å². The van der Waals surface area contributed by atoms with Gasteiger partial charge in [-0.25, -0.2) is 9.59 Å². The lowest BCUT2D eigenvalue weighted by molar-refractivity contribution is -0.153. The van der Waals surface area contributed by atoms with Gasteiger partial charge in [-0.1, -0.05) is 0 Å². The molecule has 3 rings (SSSR count). The molecule has 9 heteroatoms. The third kappa shape index (κ3) is 3.03. The van der Waals surface area contributed by atoms with E-state index in [2.05, 4.69) is 0 Å². The van der Waals surface area contributed by atoms with E-state index >= 15 is 0 Å². The number of benzene rings is 1. The summed E-state index contributed by atoms with van der Waals surface area (Å²) in [7, 11) is 1.38. The number of hydrogen-bond donors (Lipinski definition) is 5. The zero-order valence-corrected chi connectivity index (χ0v) is 14.7. The first-order valence-corrected chi connectivity index (χ1v) is 8.20. The number of carboxylic acid groups (broad SMARTS) is 1. The van der Waals surface area contributed by atoms with Crippen LogP contribution in [-0.2, 0) is 9.53 Å². The quantitative estimate of drug-likeness (QED) is 0.456. The molecule has 1 aliphatic carbocycles. The third-order valence-electron chi connectivity index (χ3n) is 5.07. The number of aliphatic hydroxyl groups is 3. The van der Waals surface area contributed by atoms with Crippen molar-refractivity contribution in [1.82, 2.24) is 0 Å². The Bertz CT molecular complexity index is 845. The van der Waals surface area contributed by atoms with Crippen LogP contribution in [0.2, 0.25) is 0 Å². The van der Waals surface area contributed by atoms with Gasteiger partial charge in [0.25, 0.3) is 0 Å². The average molecular weight is 380 g/mol. The molecule has 2 aliphatic rings. The van der Waals surface area contributed by atoms with Crippen molar-refractivity contribution < 1.29 is 44.6 Å². The van der Waals surface area contributed by atoms with Gasteiger partial charge < -0.3 is 35.0 Å². The van der Waals surface area contributed by atoms with Crippen molar-refractivity contribution in [1.29, 1.82) is 0 Å². The van der Waals surface area contributed by atoms with Crippen LogP contribution in [0.5, 0.6) is 11.5 Å². The number of rotatable bonds is 4. The molecule has 0 unspecified atom stereocenters. The van der Waals surface area contributed by atoms with E-state index < -0.39 is 41.8 Å². The Morgan fingerprint density at radius 2 is 2.11 bits per heavy atom. The second-order valence-electron chi connectivity index (χ2n) is 7.02. The number of methoxy groups -OCH3 is 1. The molecule has 146 valence electrons. The molecule has 1 aliphatic heterocycles. The number of carboxylic acids is 1. The number of ether oxygens (including phenoxy) is 2. The predicted octanol–water partition coefficient (Wildman–Crippen LogP) is 0.0446. The Kier molecular flexibility index (Phi) is 4.41. The fraction of sp³-hybridized carbons (Fsp3) is 0.444. The van der Waals surface area contributed by atoms with E-state index in [4.69, 9.17) is 14.6 Å². The van der Waals surface area contributed by atoms with Gasteiger partial charge in [0.2, 0.25) is 0 Å². The van der Waals surface area contributed by atoms with Crippen molar-refractivity contribution >= 4 is 17.5 Å². The van der Waals surface area contributed by atoms with E-state index in [1.807, 2.05) is 0 Å². The van der Waals surface area contributed by atoms with Gasteiger partial charge in [0, 0.05) is 30.0 Å². The smallest absolute Gasteiger partial charge is 0.343 e. The summed E-state index contributed by atoms with van der Waals surface area (Å²) in [5.74, 6) is -2.47. The number of fused-ring (bicyclic) bond motifs is 3. The van der Waals surface area contributed by atoms with Gasteiger partial charge in [0.15, 0.2) is 6.10 Å². The van der Waals surface area contributed by atoms with Crippen molar-refractivity contribution in [2.24, 2.45) is 0 Å². The summed E-state index contributed by atoms with van der Waals surface area (Å²) in [5, 5.41) is 49.9. The summed E-state index contributed by atoms with van der Waals surface area (Å²) in [6.07, 6.45) is -3.12. The zero-order valence-electron chi connectivity index (χ0n) is 14.7. The molecule has 9 nitrogen and oxygen atoms in total. The number of carbonyl (C=O) groups is 2. The van der Waals surface area contributed by atoms with Gasteiger partial charge in [-0.2, -0.15) is 0 Å². The molecule has 0 radical (unpaired) electrons. The van der Waals surface area contributed by atoms with E-state index in [0.717, 1.165) is 0 Å². The summed E-state index contributed by atoms with van der Waals surface area (Å²) in [6, 6.07) is 2.71. The van der Waals surface area contributed by atoms with E-state index in [1.54, 1.807) is 0 Å². The van der Waals surface area contributed by atoms with E-state index in [0.29, 0.717) is 0 Å². The number of hydrogen-bond acceptors (Lipinski definition) is 8. The van der Waals surface area contributed by atoms with E-state index in [9.17, 15) is 30.0 Å². The minimum atomic E-state index is -2.08. The summed E-state index contributed by atoms with van der Waals surface area (Å²) >= 11 is 0. The Morgan fingerprint density at radius 3 is 2.70 bits per heavy atom. The highest BCUT2D eigenvalue weighted by Crippen LogP contribution is 2.50. The molecule has 0 fully saturated rings. The highest BCUT2D eigenvalue weighted by Gasteiger charge is 2.53. The molecule has 1 heterocycles. The predicted molar refractivity (Wildman–Crippen MR) is 90.3 cm³/mol. The monoisotopic (exact) mass is 380 g/mol. The standard InChI is InChI=1S/C18H20O9/c1-17-7-13(21)18(25,6-12(20)15(22)23)5-10(17)9-3-8(26-2)4-11(19)14(9)16(24)27-17/h3-5,12-13,19-21,25H,6-7H2,1-2H3,(H,22,23)/t12-,13-,17-,18-/m0/s1. The molecule has 0 bridgehead atoms. The van der Waals surface area contributed by atoms with Crippen molar-refractivity contribution in [2.75, 3.05) is 7.11 Å². The maximum atomic E-state index is 12.4. The van der Waals surface area contributed by atoms with E-state index in [-0.39, 0.29) is 34.6 Å². The normalized spacial score (nSPS) is 30.5. The third-order valence-corrected chi connectivity index (χ3v) is 5.07. The number of carbonyl (C=O) groups excluding carboxylic acids is 1. The van der Waals surface area contributed by atoms with Gasteiger partial charge in [0.1, 0.15) is 28.3 Å². The number of aliphatic carboxylic acids is 1. The Morgan fingerprint density at radius 1 is 1.44 bits per heavy atom. The first kappa shape index (κ1) is 19.2. The Balaban J connectivity index is 2.20. The van der Waals surface area contributed by atoms with Gasteiger partial charge in [-0.05, 0) is 19.1 Å². The molecule has 0 aromatic heterocycles. The average Bonchev–Trinajstić information content (AvgIpc) is 2.56. The fourth-order valence-electron chi connectivity index (χ4n) is 3.61. The highest BCUT2D eigenvalue weighted by molar-refractivity contribution is 6.03. The topological polar surface area (TPSA) is 154 Å². The molecule has 27 heavy (non-hydrogen) atoms. The van der Waals surface area contributed by atoms with Crippen LogP contribution in [0.4, 0.5) is 0 Å². The summed E-state index contributed by atoms with van der Waals surface area (Å²) < 4.78 is 10.5. The van der Waals surface area contributed by atoms with Gasteiger partial charge in [0.05, 0.1) is 13.2 Å². The lowest BCUT2D eigenvalue weighted by atomic mass is 9.69. The van der Waals surface area contributed by atoms with Crippen LogP contribution in [-0.4, -0.2) is 68.0 Å². The van der Waals surface area contributed by atoms with Crippen molar-refractivity contribution in [3.8, 4) is 11.5 Å². The first-order chi connectivity index (χ1) is 12.5. The number of esters is 1. The second-order valence-corrected chi connectivity index (χ2v) is 7.02. The maximum Gasteiger partial charge on any atom is 0.343 e. The minimum Gasteiger partial charge on any atom is -0.507 e. The zero-order chi connectivity index (χ0) is 20.1. The molecule has 0 saturated heterocycles. The number of aromatic hydroxyl groups is 1. The SMILES string of the molecule is COc1cc(O)c2c(c1)C1=C[C@](O)(C[C@H](O)C(=O)O)[C@@H](O)C[C@]1(C)OC2=O. The molecule has 1 aromatic carbocycles. The molecule has 0 amide bonds. The summed E-state index contributed by atoms with van der Waals surface area (Å²) in [4.78, 5) is 23.3. The van der Waals surface area contributed by atoms with Crippen LogP contribution in [0.1, 0.15) is 35.7 Å². The maximum absolute atomic E-state index is 12.4. The van der Waals surface area contributed by atoms with Gasteiger partial charge >= 0.3 is 11.9 Å². The molecule has 5 N–H and O–H groups in total. The summed E-state index contributed by atoms with van der Waals surface area (Å²) in [6.45, 7) is 1.53. The fourth-order valence-corrected chi connectivity index (χ4v) is 3.61. The molecular weight excluding hydrogens is 360 g/mol. The molecule has 0 spiro atoms. The van der Waals surface area contributed by atoms with Crippen LogP contribution in [0.15, 0.2) is 18.2 Å². The minimum absolute atomic E-state index is 0.128. The van der Waals surface area contributed by atoms with Crippen LogP contribution in [0, 0.1) is 0 Å². The van der Waals surface area contributed by atoms with Crippen LogP contribution < -0.4 is 4.74 Å². The Labute approximate surface area is 154 Å². The Hall–Kier alpha value is -2.62. The van der Waals surface area contributed by atoms with Crippen LogP contribution >= 0.6 is 0 Å². The first-order valence-electron chi connectivity index (χ1n) is 8.20. The summed E-state index contributed by atoms with van der Waals surface area (Å²) in [5.41, 5.74) is -3.01. The highest BCUT2D eigenvalue weighted by atomic mass is 16.6.